The van der Waals surface area contributed by atoms with E-state index in [2.05, 4.69) is 17.4 Å². The molecule has 1 atom stereocenters. The highest BCUT2D eigenvalue weighted by Gasteiger charge is 2.34. The highest BCUT2D eigenvalue weighted by Crippen LogP contribution is 2.21. The van der Waals surface area contributed by atoms with Crippen LogP contribution in [0, 0.1) is 0 Å². The van der Waals surface area contributed by atoms with Crippen LogP contribution in [0.3, 0.4) is 0 Å². The second-order valence-electron chi connectivity index (χ2n) is 6.27. The van der Waals surface area contributed by atoms with Crippen LogP contribution in [0.5, 0.6) is 0 Å². The smallest absolute Gasteiger partial charge is 0.240 e. The third kappa shape index (κ3) is 2.72. The Labute approximate surface area is 120 Å². The van der Waals surface area contributed by atoms with E-state index < -0.39 is 0 Å². The first kappa shape index (κ1) is 13.6. The summed E-state index contributed by atoms with van der Waals surface area (Å²) in [7, 11) is 0. The predicted molar refractivity (Wildman–Crippen MR) is 77.4 cm³/mol. The van der Waals surface area contributed by atoms with E-state index in [1.54, 1.807) is 0 Å². The van der Waals surface area contributed by atoms with E-state index in [1.807, 2.05) is 30.9 Å². The van der Waals surface area contributed by atoms with E-state index in [1.165, 1.54) is 11.1 Å². The summed E-state index contributed by atoms with van der Waals surface area (Å²) in [6, 6.07) is 8.25. The Morgan fingerprint density at radius 2 is 2.10 bits per heavy atom. The molecule has 20 heavy (non-hydrogen) atoms. The van der Waals surface area contributed by atoms with Crippen molar-refractivity contribution in [1.82, 2.24) is 10.2 Å². The number of carbonyl (C=O) groups excluding carboxylic acids is 1. The molecule has 3 rings (SSSR count). The molecule has 1 fully saturated rings. The number of morpholine rings is 1. The third-order valence-electron chi connectivity index (χ3n) is 4.12. The molecule has 1 saturated heterocycles. The van der Waals surface area contributed by atoms with Gasteiger partial charge in [-0.05, 0) is 31.4 Å². The van der Waals surface area contributed by atoms with E-state index >= 15 is 0 Å². The summed E-state index contributed by atoms with van der Waals surface area (Å²) in [5.74, 6) is 0.205. The lowest BCUT2D eigenvalue weighted by Gasteiger charge is -2.40. The Morgan fingerprint density at radius 3 is 2.85 bits per heavy atom. The zero-order valence-corrected chi connectivity index (χ0v) is 12.2. The van der Waals surface area contributed by atoms with Gasteiger partial charge in [-0.1, -0.05) is 24.3 Å². The Balaban J connectivity index is 1.70. The molecule has 1 aromatic rings. The standard InChI is InChI=1S/C16H22N2O2/c1-16(2)11-18(7-8-20-16)15(19)14-9-12-5-3-4-6-13(12)10-17-14/h3-6,14,17H,7-11H2,1-2H3. The molecule has 4 heteroatoms. The van der Waals surface area contributed by atoms with Crippen molar-refractivity contribution < 1.29 is 9.53 Å². The number of nitrogens with zero attached hydrogens (tertiary/aromatic N) is 1. The second kappa shape index (κ2) is 5.19. The number of amides is 1. The van der Waals surface area contributed by atoms with Crippen LogP contribution in [-0.2, 0) is 22.5 Å². The van der Waals surface area contributed by atoms with Gasteiger partial charge in [0.05, 0.1) is 18.2 Å². The topological polar surface area (TPSA) is 41.6 Å². The molecule has 0 aliphatic carbocycles. The van der Waals surface area contributed by atoms with Crippen molar-refractivity contribution in [3.05, 3.63) is 35.4 Å². The fraction of sp³-hybridized carbons (Fsp3) is 0.562. The van der Waals surface area contributed by atoms with Gasteiger partial charge in [0, 0.05) is 19.6 Å². The summed E-state index contributed by atoms with van der Waals surface area (Å²) in [5.41, 5.74) is 2.36. The first-order valence-corrected chi connectivity index (χ1v) is 7.28. The van der Waals surface area contributed by atoms with E-state index in [9.17, 15) is 4.79 Å². The van der Waals surface area contributed by atoms with Crippen molar-refractivity contribution >= 4 is 5.91 Å². The van der Waals surface area contributed by atoms with Crippen LogP contribution < -0.4 is 5.32 Å². The van der Waals surface area contributed by atoms with Gasteiger partial charge in [-0.2, -0.15) is 0 Å². The predicted octanol–water partition coefficient (Wildman–Crippen LogP) is 1.34. The number of carbonyl (C=O) groups is 1. The molecule has 0 spiro atoms. The summed E-state index contributed by atoms with van der Waals surface area (Å²) < 4.78 is 5.67. The number of hydrogen-bond acceptors (Lipinski definition) is 3. The van der Waals surface area contributed by atoms with E-state index in [-0.39, 0.29) is 17.6 Å². The summed E-state index contributed by atoms with van der Waals surface area (Å²) >= 11 is 0. The maximum atomic E-state index is 12.7. The Hall–Kier alpha value is -1.39. The van der Waals surface area contributed by atoms with Crippen molar-refractivity contribution in [2.45, 2.75) is 38.5 Å². The molecule has 2 aliphatic rings. The summed E-state index contributed by atoms with van der Waals surface area (Å²) in [6.45, 7) is 6.85. The Morgan fingerprint density at radius 1 is 1.35 bits per heavy atom. The lowest BCUT2D eigenvalue weighted by molar-refractivity contribution is -0.148. The molecule has 1 aromatic carbocycles. The van der Waals surface area contributed by atoms with Gasteiger partial charge >= 0.3 is 0 Å². The molecular weight excluding hydrogens is 252 g/mol. The third-order valence-corrected chi connectivity index (χ3v) is 4.12. The van der Waals surface area contributed by atoms with Crippen LogP contribution in [0.1, 0.15) is 25.0 Å². The van der Waals surface area contributed by atoms with Crippen molar-refractivity contribution in [2.24, 2.45) is 0 Å². The largest absolute Gasteiger partial charge is 0.372 e. The Bertz CT molecular complexity index is 513. The average molecular weight is 274 g/mol. The molecule has 2 aliphatic heterocycles. The van der Waals surface area contributed by atoms with Crippen molar-refractivity contribution in [1.29, 1.82) is 0 Å². The minimum atomic E-state index is -0.236. The zero-order valence-electron chi connectivity index (χ0n) is 12.2. The SMILES string of the molecule is CC1(C)CN(C(=O)C2Cc3ccccc3CN2)CCO1. The van der Waals surface area contributed by atoms with Crippen LogP contribution >= 0.6 is 0 Å². The minimum Gasteiger partial charge on any atom is -0.372 e. The highest BCUT2D eigenvalue weighted by molar-refractivity contribution is 5.82. The summed E-state index contributed by atoms with van der Waals surface area (Å²) in [6.07, 6.45) is 0.785. The number of ether oxygens (including phenoxy) is 1. The van der Waals surface area contributed by atoms with Gasteiger partial charge in [-0.3, -0.25) is 4.79 Å². The first-order valence-electron chi connectivity index (χ1n) is 7.28. The van der Waals surface area contributed by atoms with Gasteiger partial charge in [0.1, 0.15) is 0 Å². The molecule has 1 amide bonds. The van der Waals surface area contributed by atoms with Gasteiger partial charge in [-0.25, -0.2) is 0 Å². The van der Waals surface area contributed by atoms with Gasteiger partial charge < -0.3 is 15.0 Å². The summed E-state index contributed by atoms with van der Waals surface area (Å²) in [4.78, 5) is 14.6. The number of hydrogen-bond donors (Lipinski definition) is 1. The van der Waals surface area contributed by atoms with Gasteiger partial charge in [0.15, 0.2) is 0 Å². The van der Waals surface area contributed by atoms with Crippen molar-refractivity contribution in [3.63, 3.8) is 0 Å². The zero-order chi connectivity index (χ0) is 14.2. The quantitative estimate of drug-likeness (QED) is 0.840. The minimum absolute atomic E-state index is 0.0983. The number of rotatable bonds is 1. The number of nitrogens with one attached hydrogen (secondary N) is 1. The molecule has 1 unspecified atom stereocenters. The monoisotopic (exact) mass is 274 g/mol. The summed E-state index contributed by atoms with van der Waals surface area (Å²) in [5, 5.41) is 3.37. The normalized spacial score (nSPS) is 25.1. The lowest BCUT2D eigenvalue weighted by Crippen LogP contribution is -2.56. The molecule has 2 heterocycles. The van der Waals surface area contributed by atoms with Crippen LogP contribution in [-0.4, -0.2) is 42.1 Å². The fourth-order valence-electron chi connectivity index (χ4n) is 3.05. The van der Waals surface area contributed by atoms with E-state index in [0.29, 0.717) is 19.7 Å². The maximum absolute atomic E-state index is 12.7. The molecular formula is C16H22N2O2. The molecule has 108 valence electrons. The Kier molecular flexibility index (Phi) is 3.52. The van der Waals surface area contributed by atoms with Crippen LogP contribution in [0.2, 0.25) is 0 Å². The second-order valence-corrected chi connectivity index (χ2v) is 6.27. The molecule has 0 aromatic heterocycles. The van der Waals surface area contributed by atoms with Crippen LogP contribution in [0.25, 0.3) is 0 Å². The van der Waals surface area contributed by atoms with Crippen molar-refractivity contribution in [2.75, 3.05) is 19.7 Å². The lowest BCUT2D eigenvalue weighted by atomic mass is 9.94. The van der Waals surface area contributed by atoms with Gasteiger partial charge in [-0.15, -0.1) is 0 Å². The average Bonchev–Trinajstić information content (AvgIpc) is 2.45. The van der Waals surface area contributed by atoms with Gasteiger partial charge in [0.25, 0.3) is 0 Å². The van der Waals surface area contributed by atoms with E-state index in [4.69, 9.17) is 4.74 Å². The molecule has 1 N–H and O–H groups in total. The molecule has 0 radical (unpaired) electrons. The fourth-order valence-corrected chi connectivity index (χ4v) is 3.05. The van der Waals surface area contributed by atoms with Crippen molar-refractivity contribution in [3.8, 4) is 0 Å². The number of benzene rings is 1. The molecule has 0 bridgehead atoms. The van der Waals surface area contributed by atoms with E-state index in [0.717, 1.165) is 13.0 Å². The molecule has 0 saturated carbocycles. The van der Waals surface area contributed by atoms with Gasteiger partial charge in [0.2, 0.25) is 5.91 Å². The first-order chi connectivity index (χ1) is 9.55. The van der Waals surface area contributed by atoms with Crippen LogP contribution in [0.15, 0.2) is 24.3 Å². The maximum Gasteiger partial charge on any atom is 0.240 e. The molecule has 4 nitrogen and oxygen atoms in total. The van der Waals surface area contributed by atoms with Crippen LogP contribution in [0.4, 0.5) is 0 Å². The number of fused-ring (bicyclic) bond motifs is 1. The highest BCUT2D eigenvalue weighted by atomic mass is 16.5.